The Bertz CT molecular complexity index is 1170. The summed E-state index contributed by atoms with van der Waals surface area (Å²) >= 11 is 4.74. The number of carbonyl (C=O) groups is 1. The van der Waals surface area contributed by atoms with Gasteiger partial charge in [-0.05, 0) is 111 Å². The highest BCUT2D eigenvalue weighted by atomic mass is 35.5. The molecular formula is C30H35ClN2O2S. The Morgan fingerprint density at radius 2 is 1.56 bits per heavy atom. The first kappa shape index (κ1) is 26.7. The van der Waals surface area contributed by atoms with Gasteiger partial charge in [0.15, 0.2) is 9.79 Å². The summed E-state index contributed by atoms with van der Waals surface area (Å²) in [7, 11) is 0. The second kappa shape index (κ2) is 11.8. The van der Waals surface area contributed by atoms with Crippen molar-refractivity contribution in [1.29, 1.82) is 0 Å². The second-order valence-electron chi connectivity index (χ2n) is 9.99. The van der Waals surface area contributed by atoms with E-state index >= 15 is 0 Å². The Balaban J connectivity index is 1.37. The molecule has 190 valence electrons. The normalized spacial score (nSPS) is 16.6. The van der Waals surface area contributed by atoms with E-state index in [1.807, 2.05) is 44.2 Å². The number of carbonyl (C=O) groups excluding carboxylic acids is 1. The molecule has 1 saturated heterocycles. The number of anilines is 1. The SMILES string of the molecule is Cc1ccc(NC(=O)C(C)C)cc1C1CCN(C(C)c2ccc([S+]([O-])c3ccc(Cl)cc3)cc2)CC1. The van der Waals surface area contributed by atoms with Crippen LogP contribution in [0.2, 0.25) is 5.02 Å². The number of benzene rings is 3. The van der Waals surface area contributed by atoms with Crippen LogP contribution in [0.3, 0.4) is 0 Å². The van der Waals surface area contributed by atoms with Crippen LogP contribution in [0.25, 0.3) is 0 Å². The zero-order valence-electron chi connectivity index (χ0n) is 21.5. The number of nitrogens with one attached hydrogen (secondary N) is 1. The third-order valence-corrected chi connectivity index (χ3v) is 8.85. The number of aryl methyl sites for hydroxylation is 1. The van der Waals surface area contributed by atoms with Crippen molar-refractivity contribution in [3.05, 3.63) is 88.4 Å². The molecule has 6 heteroatoms. The lowest BCUT2D eigenvalue weighted by atomic mass is 9.86. The predicted octanol–water partition coefficient (Wildman–Crippen LogP) is 7.35. The average molecular weight is 523 g/mol. The van der Waals surface area contributed by atoms with Gasteiger partial charge >= 0.3 is 0 Å². The lowest BCUT2D eigenvalue weighted by molar-refractivity contribution is -0.118. The number of halogens is 1. The summed E-state index contributed by atoms with van der Waals surface area (Å²) in [6.45, 7) is 10.3. The minimum Gasteiger partial charge on any atom is -0.606 e. The predicted molar refractivity (Wildman–Crippen MR) is 149 cm³/mol. The molecule has 0 aliphatic carbocycles. The Labute approximate surface area is 223 Å². The van der Waals surface area contributed by atoms with Gasteiger partial charge in [0, 0.05) is 33.8 Å². The van der Waals surface area contributed by atoms with Crippen molar-refractivity contribution in [2.75, 3.05) is 18.4 Å². The molecule has 2 atom stereocenters. The molecule has 1 heterocycles. The van der Waals surface area contributed by atoms with E-state index in [1.165, 1.54) is 16.7 Å². The summed E-state index contributed by atoms with van der Waals surface area (Å²) < 4.78 is 12.9. The highest BCUT2D eigenvalue weighted by molar-refractivity contribution is 7.91. The molecule has 0 radical (unpaired) electrons. The van der Waals surface area contributed by atoms with E-state index in [9.17, 15) is 9.35 Å². The van der Waals surface area contributed by atoms with Gasteiger partial charge in [-0.15, -0.1) is 0 Å². The van der Waals surface area contributed by atoms with E-state index < -0.39 is 11.2 Å². The Hall–Kier alpha value is -2.31. The highest BCUT2D eigenvalue weighted by Gasteiger charge is 2.26. The first-order valence-electron chi connectivity index (χ1n) is 12.7. The van der Waals surface area contributed by atoms with Crippen molar-refractivity contribution in [1.82, 2.24) is 4.90 Å². The molecule has 2 unspecified atom stereocenters. The summed E-state index contributed by atoms with van der Waals surface area (Å²) in [4.78, 5) is 16.2. The molecule has 1 fully saturated rings. The van der Waals surface area contributed by atoms with Crippen molar-refractivity contribution >= 4 is 34.4 Å². The Morgan fingerprint density at radius 1 is 0.972 bits per heavy atom. The molecule has 0 spiro atoms. The van der Waals surface area contributed by atoms with E-state index in [1.54, 1.807) is 12.1 Å². The Kier molecular flexibility index (Phi) is 8.78. The topological polar surface area (TPSA) is 55.4 Å². The number of rotatable bonds is 7. The molecule has 3 aromatic rings. The zero-order valence-corrected chi connectivity index (χ0v) is 23.0. The van der Waals surface area contributed by atoms with Crippen molar-refractivity contribution in [3.63, 3.8) is 0 Å². The molecular weight excluding hydrogens is 488 g/mol. The van der Waals surface area contributed by atoms with Gasteiger partial charge in [-0.3, -0.25) is 9.69 Å². The van der Waals surface area contributed by atoms with Crippen LogP contribution < -0.4 is 5.32 Å². The maximum absolute atomic E-state index is 12.9. The molecule has 3 aromatic carbocycles. The van der Waals surface area contributed by atoms with Crippen LogP contribution in [0.15, 0.2) is 76.5 Å². The zero-order chi connectivity index (χ0) is 25.8. The number of nitrogens with zero attached hydrogens (tertiary/aromatic N) is 1. The molecule has 1 N–H and O–H groups in total. The molecule has 0 saturated carbocycles. The minimum atomic E-state index is -1.22. The molecule has 1 aliphatic rings. The Morgan fingerprint density at radius 3 is 2.14 bits per heavy atom. The quantitative estimate of drug-likeness (QED) is 0.330. The summed E-state index contributed by atoms with van der Waals surface area (Å²) in [5.41, 5.74) is 4.76. The number of likely N-dealkylation sites (tertiary alicyclic amines) is 1. The van der Waals surface area contributed by atoms with Gasteiger partial charge in [0.25, 0.3) is 0 Å². The summed E-state index contributed by atoms with van der Waals surface area (Å²) in [5.74, 6) is 0.510. The van der Waals surface area contributed by atoms with E-state index in [0.717, 1.165) is 41.4 Å². The summed E-state index contributed by atoms with van der Waals surface area (Å²) in [6.07, 6.45) is 2.18. The standard InChI is InChI=1S/C30H35ClN2O2S/c1-20(2)30(34)32-26-10-5-21(3)29(19-26)24-15-17-33(18-16-24)22(4)23-6-11-27(12-7-23)36(35)28-13-8-25(31)9-14-28/h5-14,19-20,22,24H,15-18H2,1-4H3,(H,32,34). The fourth-order valence-electron chi connectivity index (χ4n) is 4.82. The first-order valence-corrected chi connectivity index (χ1v) is 14.2. The lowest BCUT2D eigenvalue weighted by Crippen LogP contribution is -2.35. The van der Waals surface area contributed by atoms with Gasteiger partial charge in [-0.2, -0.15) is 0 Å². The van der Waals surface area contributed by atoms with Crippen molar-refractivity contribution < 1.29 is 9.35 Å². The molecule has 0 aromatic heterocycles. The maximum Gasteiger partial charge on any atom is 0.226 e. The number of amides is 1. The van der Waals surface area contributed by atoms with Gasteiger partial charge < -0.3 is 9.87 Å². The second-order valence-corrected chi connectivity index (χ2v) is 11.9. The molecule has 1 aliphatic heterocycles. The largest absolute Gasteiger partial charge is 0.606 e. The van der Waals surface area contributed by atoms with Gasteiger partial charge in [0.05, 0.1) is 0 Å². The fraction of sp³-hybridized carbons (Fsp3) is 0.367. The van der Waals surface area contributed by atoms with Crippen LogP contribution in [0.4, 0.5) is 5.69 Å². The van der Waals surface area contributed by atoms with Crippen LogP contribution in [-0.2, 0) is 16.0 Å². The van der Waals surface area contributed by atoms with Crippen LogP contribution in [0.5, 0.6) is 0 Å². The maximum atomic E-state index is 12.9. The lowest BCUT2D eigenvalue weighted by Gasteiger charge is -2.37. The van der Waals surface area contributed by atoms with Crippen LogP contribution in [0, 0.1) is 12.8 Å². The van der Waals surface area contributed by atoms with Crippen molar-refractivity contribution in [2.24, 2.45) is 5.92 Å². The number of hydrogen-bond acceptors (Lipinski definition) is 3. The highest BCUT2D eigenvalue weighted by Crippen LogP contribution is 2.35. The van der Waals surface area contributed by atoms with E-state index in [0.29, 0.717) is 17.0 Å². The molecule has 1 amide bonds. The number of hydrogen-bond donors (Lipinski definition) is 1. The first-order chi connectivity index (χ1) is 17.2. The van der Waals surface area contributed by atoms with E-state index in [2.05, 4.69) is 48.3 Å². The van der Waals surface area contributed by atoms with Gasteiger partial charge in [0.2, 0.25) is 5.91 Å². The third kappa shape index (κ3) is 6.33. The van der Waals surface area contributed by atoms with Crippen LogP contribution >= 0.6 is 11.6 Å². The molecule has 4 nitrogen and oxygen atoms in total. The third-order valence-electron chi connectivity index (χ3n) is 7.19. The summed E-state index contributed by atoms with van der Waals surface area (Å²) in [5, 5.41) is 3.69. The van der Waals surface area contributed by atoms with E-state index in [-0.39, 0.29) is 11.8 Å². The molecule has 0 bridgehead atoms. The van der Waals surface area contributed by atoms with Gasteiger partial charge in [0.1, 0.15) is 0 Å². The van der Waals surface area contributed by atoms with Crippen LogP contribution in [0.1, 0.15) is 62.3 Å². The smallest absolute Gasteiger partial charge is 0.226 e. The monoisotopic (exact) mass is 522 g/mol. The van der Waals surface area contributed by atoms with Gasteiger partial charge in [-0.1, -0.05) is 43.6 Å². The van der Waals surface area contributed by atoms with Gasteiger partial charge in [-0.25, -0.2) is 0 Å². The van der Waals surface area contributed by atoms with Crippen molar-refractivity contribution in [2.45, 2.75) is 62.3 Å². The van der Waals surface area contributed by atoms with E-state index in [4.69, 9.17) is 11.6 Å². The fourth-order valence-corrected chi connectivity index (χ4v) is 5.98. The minimum absolute atomic E-state index is 0.0361. The number of piperidine rings is 1. The van der Waals surface area contributed by atoms with Crippen molar-refractivity contribution in [3.8, 4) is 0 Å². The van der Waals surface area contributed by atoms with Crippen LogP contribution in [-0.4, -0.2) is 28.4 Å². The molecule has 4 rings (SSSR count). The molecule has 36 heavy (non-hydrogen) atoms. The average Bonchev–Trinajstić information content (AvgIpc) is 2.89. The summed E-state index contributed by atoms with van der Waals surface area (Å²) in [6, 6.07) is 21.9.